The smallest absolute Gasteiger partial charge is 0.254 e. The monoisotopic (exact) mass is 359 g/mol. The van der Waals surface area contributed by atoms with Crippen molar-refractivity contribution in [3.8, 4) is 0 Å². The van der Waals surface area contributed by atoms with Crippen LogP contribution in [-0.4, -0.2) is 16.1 Å². The van der Waals surface area contributed by atoms with Gasteiger partial charge in [-0.3, -0.25) is 4.79 Å². The third-order valence-electron chi connectivity index (χ3n) is 2.31. The van der Waals surface area contributed by atoms with Crippen LogP contribution in [0.2, 0.25) is 10.3 Å². The minimum atomic E-state index is -0.346. The second kappa shape index (κ2) is 6.32. The summed E-state index contributed by atoms with van der Waals surface area (Å²) in [6, 6.07) is 9.01. The molecular weight excluding hydrogens is 353 g/mol. The van der Waals surface area contributed by atoms with Crippen molar-refractivity contribution >= 4 is 45.0 Å². The second-order valence-corrected chi connectivity index (χ2v) is 5.35. The predicted octanol–water partition coefficient (Wildman–Crippen LogP) is 3.48. The zero-order chi connectivity index (χ0) is 13.8. The molecule has 0 radical (unpaired) electrons. The van der Waals surface area contributed by atoms with E-state index in [2.05, 4.69) is 31.4 Å². The Morgan fingerprint density at radius 3 is 2.79 bits per heavy atom. The zero-order valence-electron chi connectivity index (χ0n) is 9.53. The summed E-state index contributed by atoms with van der Waals surface area (Å²) in [7, 11) is 0. The summed E-state index contributed by atoms with van der Waals surface area (Å²) in [4.78, 5) is 11.9. The number of carbonyl (C=O) groups is 1. The first-order valence-corrected chi connectivity index (χ1v) is 6.82. The summed E-state index contributed by atoms with van der Waals surface area (Å²) in [5.74, 6) is -0.346. The van der Waals surface area contributed by atoms with Gasteiger partial charge >= 0.3 is 0 Å². The van der Waals surface area contributed by atoms with Crippen molar-refractivity contribution in [3.63, 3.8) is 0 Å². The van der Waals surface area contributed by atoms with Crippen molar-refractivity contribution in [1.29, 1.82) is 0 Å². The predicted molar refractivity (Wildman–Crippen MR) is 77.4 cm³/mol. The molecule has 2 aromatic rings. The fraction of sp³-hybridized carbons (Fsp3) is 0.0833. The highest BCUT2D eigenvalue weighted by atomic mass is 79.9. The van der Waals surface area contributed by atoms with E-state index in [1.165, 1.54) is 6.07 Å². The van der Waals surface area contributed by atoms with Crippen molar-refractivity contribution in [2.24, 2.45) is 0 Å². The van der Waals surface area contributed by atoms with E-state index in [0.717, 1.165) is 10.0 Å². The van der Waals surface area contributed by atoms with E-state index in [1.807, 2.05) is 24.3 Å². The maximum Gasteiger partial charge on any atom is 0.254 e. The SMILES string of the molecule is O=C(NCc1cccc(Br)c1)c1cc(Cl)nnc1Cl. The van der Waals surface area contributed by atoms with E-state index in [0.29, 0.717) is 6.54 Å². The van der Waals surface area contributed by atoms with Gasteiger partial charge in [0.1, 0.15) is 0 Å². The average molecular weight is 361 g/mol. The standard InChI is InChI=1S/C12H8BrCl2N3O/c13-8-3-1-2-7(4-8)6-16-12(19)9-5-10(14)17-18-11(9)15/h1-5H,6H2,(H,16,19). The van der Waals surface area contributed by atoms with Crippen LogP contribution in [0.1, 0.15) is 15.9 Å². The largest absolute Gasteiger partial charge is 0.348 e. The Kier molecular flexibility index (Phi) is 4.74. The van der Waals surface area contributed by atoms with E-state index in [9.17, 15) is 4.79 Å². The third-order valence-corrected chi connectivity index (χ3v) is 3.26. The Morgan fingerprint density at radius 1 is 1.26 bits per heavy atom. The van der Waals surface area contributed by atoms with Gasteiger partial charge in [-0.25, -0.2) is 0 Å². The Hall–Kier alpha value is -1.17. The van der Waals surface area contributed by atoms with Gasteiger partial charge in [0.2, 0.25) is 0 Å². The molecule has 1 N–H and O–H groups in total. The van der Waals surface area contributed by atoms with Crippen molar-refractivity contribution in [2.45, 2.75) is 6.54 Å². The lowest BCUT2D eigenvalue weighted by Gasteiger charge is -2.06. The zero-order valence-corrected chi connectivity index (χ0v) is 12.6. The molecule has 98 valence electrons. The molecule has 0 aliphatic rings. The van der Waals surface area contributed by atoms with Gasteiger partial charge < -0.3 is 5.32 Å². The van der Waals surface area contributed by atoms with Crippen LogP contribution in [0, 0.1) is 0 Å². The summed E-state index contributed by atoms with van der Waals surface area (Å²) in [6.45, 7) is 0.383. The van der Waals surface area contributed by atoms with Crippen LogP contribution in [0.15, 0.2) is 34.8 Å². The summed E-state index contributed by atoms with van der Waals surface area (Å²) in [5.41, 5.74) is 1.17. The highest BCUT2D eigenvalue weighted by Gasteiger charge is 2.12. The van der Waals surface area contributed by atoms with Crippen molar-refractivity contribution < 1.29 is 4.79 Å². The minimum absolute atomic E-state index is 0.0242. The topological polar surface area (TPSA) is 54.9 Å². The molecule has 19 heavy (non-hydrogen) atoms. The van der Waals surface area contributed by atoms with E-state index < -0.39 is 0 Å². The molecule has 1 aromatic carbocycles. The molecule has 0 atom stereocenters. The Labute approximate surface area is 128 Å². The van der Waals surface area contributed by atoms with Crippen molar-refractivity contribution in [3.05, 3.63) is 56.2 Å². The summed E-state index contributed by atoms with van der Waals surface area (Å²) >= 11 is 14.8. The normalized spacial score (nSPS) is 10.3. The van der Waals surface area contributed by atoms with Crippen LogP contribution in [0.4, 0.5) is 0 Å². The molecular formula is C12H8BrCl2N3O. The van der Waals surface area contributed by atoms with Crippen molar-refractivity contribution in [2.75, 3.05) is 0 Å². The lowest BCUT2D eigenvalue weighted by atomic mass is 10.2. The van der Waals surface area contributed by atoms with Gasteiger partial charge in [0.25, 0.3) is 5.91 Å². The third kappa shape index (κ3) is 3.89. The molecule has 0 bridgehead atoms. The average Bonchev–Trinajstić information content (AvgIpc) is 2.39. The molecule has 0 aliphatic heterocycles. The number of rotatable bonds is 3. The van der Waals surface area contributed by atoms with E-state index in [4.69, 9.17) is 23.2 Å². The molecule has 0 fully saturated rings. The number of benzene rings is 1. The first kappa shape index (κ1) is 14.2. The van der Waals surface area contributed by atoms with Crippen molar-refractivity contribution in [1.82, 2.24) is 15.5 Å². The Morgan fingerprint density at radius 2 is 2.05 bits per heavy atom. The molecule has 1 aromatic heterocycles. The van der Waals surface area contributed by atoms with Gasteiger partial charge in [0, 0.05) is 11.0 Å². The van der Waals surface area contributed by atoms with Gasteiger partial charge in [0.05, 0.1) is 5.56 Å². The number of amides is 1. The number of hydrogen-bond donors (Lipinski definition) is 1. The first-order valence-electron chi connectivity index (χ1n) is 5.27. The van der Waals surface area contributed by atoms with Gasteiger partial charge in [-0.2, -0.15) is 0 Å². The van der Waals surface area contributed by atoms with E-state index in [1.54, 1.807) is 0 Å². The molecule has 7 heteroatoms. The highest BCUT2D eigenvalue weighted by molar-refractivity contribution is 9.10. The van der Waals surface area contributed by atoms with E-state index >= 15 is 0 Å². The Bertz CT molecular complexity index is 622. The fourth-order valence-corrected chi connectivity index (χ4v) is 2.21. The van der Waals surface area contributed by atoms with Crippen LogP contribution in [-0.2, 0) is 6.54 Å². The number of halogens is 3. The molecule has 1 heterocycles. The maximum absolute atomic E-state index is 11.9. The summed E-state index contributed by atoms with van der Waals surface area (Å²) in [5, 5.41) is 10.0. The number of nitrogens with zero attached hydrogens (tertiary/aromatic N) is 2. The Balaban J connectivity index is 2.07. The molecule has 0 saturated carbocycles. The van der Waals surface area contributed by atoms with Crippen LogP contribution in [0.3, 0.4) is 0 Å². The second-order valence-electron chi connectivity index (χ2n) is 3.68. The minimum Gasteiger partial charge on any atom is -0.348 e. The number of hydrogen-bond acceptors (Lipinski definition) is 3. The van der Waals surface area contributed by atoms with E-state index in [-0.39, 0.29) is 21.8 Å². The fourth-order valence-electron chi connectivity index (χ4n) is 1.44. The maximum atomic E-state index is 11.9. The quantitative estimate of drug-likeness (QED) is 0.911. The van der Waals surface area contributed by atoms with Crippen LogP contribution in [0.5, 0.6) is 0 Å². The summed E-state index contributed by atoms with van der Waals surface area (Å²) < 4.78 is 0.950. The molecule has 0 aliphatic carbocycles. The number of carbonyl (C=O) groups excluding carboxylic acids is 1. The molecule has 1 amide bonds. The van der Waals surface area contributed by atoms with Crippen LogP contribution < -0.4 is 5.32 Å². The van der Waals surface area contributed by atoms with Gasteiger partial charge in [-0.1, -0.05) is 51.3 Å². The molecule has 0 spiro atoms. The van der Waals surface area contributed by atoms with Crippen LogP contribution >= 0.6 is 39.1 Å². The first-order chi connectivity index (χ1) is 9.06. The molecule has 0 saturated heterocycles. The molecule has 0 unspecified atom stereocenters. The van der Waals surface area contributed by atoms with Gasteiger partial charge in [-0.15, -0.1) is 10.2 Å². The molecule has 2 rings (SSSR count). The highest BCUT2D eigenvalue weighted by Crippen LogP contribution is 2.16. The lowest BCUT2D eigenvalue weighted by Crippen LogP contribution is -2.23. The number of aromatic nitrogens is 2. The van der Waals surface area contributed by atoms with Gasteiger partial charge in [-0.05, 0) is 23.8 Å². The van der Waals surface area contributed by atoms with Gasteiger partial charge in [0.15, 0.2) is 10.3 Å². The van der Waals surface area contributed by atoms with Crippen LogP contribution in [0.25, 0.3) is 0 Å². The summed E-state index contributed by atoms with van der Waals surface area (Å²) in [6.07, 6.45) is 0. The number of nitrogens with one attached hydrogen (secondary N) is 1. The molecule has 4 nitrogen and oxygen atoms in total. The lowest BCUT2D eigenvalue weighted by molar-refractivity contribution is 0.0950.